The molecule has 3 heterocycles. The quantitative estimate of drug-likeness (QED) is 0.465. The molecule has 1 N–H and O–H groups in total. The van der Waals surface area contributed by atoms with Crippen LogP contribution in [-0.4, -0.2) is 43.4 Å². The van der Waals surface area contributed by atoms with Crippen molar-refractivity contribution in [1.29, 1.82) is 0 Å². The number of imide groups is 1. The van der Waals surface area contributed by atoms with Crippen LogP contribution in [0.1, 0.15) is 56.2 Å². The molecule has 2 aromatic carbocycles. The van der Waals surface area contributed by atoms with Crippen molar-refractivity contribution >= 4 is 34.4 Å². The van der Waals surface area contributed by atoms with Gasteiger partial charge in [0.15, 0.2) is 5.82 Å². The van der Waals surface area contributed by atoms with Crippen molar-refractivity contribution in [3.8, 4) is 5.82 Å². The smallest absolute Gasteiger partial charge is 0.261 e. The molecule has 2 aromatic heterocycles. The number of aryl methyl sites for hydroxylation is 2. The van der Waals surface area contributed by atoms with E-state index in [1.165, 1.54) is 17.0 Å². The van der Waals surface area contributed by atoms with Crippen LogP contribution in [0.2, 0.25) is 0 Å². The summed E-state index contributed by atoms with van der Waals surface area (Å²) in [5, 5.41) is 8.44. The maximum absolute atomic E-state index is 13.1. The van der Waals surface area contributed by atoms with Crippen LogP contribution < -0.4 is 5.32 Å². The number of fused-ring (bicyclic) bond motifs is 2. The molecule has 0 spiro atoms. The van der Waals surface area contributed by atoms with Crippen LogP contribution in [0.25, 0.3) is 16.7 Å². The highest BCUT2D eigenvalue weighted by atomic mass is 16.2. The Balaban J connectivity index is 1.48. The molecule has 0 fully saturated rings. The van der Waals surface area contributed by atoms with Crippen molar-refractivity contribution in [1.82, 2.24) is 19.7 Å². The van der Waals surface area contributed by atoms with E-state index >= 15 is 0 Å². The number of para-hydroxylation sites is 1. The van der Waals surface area contributed by atoms with Crippen LogP contribution in [0.15, 0.2) is 54.6 Å². The first-order valence-corrected chi connectivity index (χ1v) is 11.0. The zero-order valence-electron chi connectivity index (χ0n) is 19.3. The summed E-state index contributed by atoms with van der Waals surface area (Å²) in [7, 11) is 0. The monoisotopic (exact) mass is 453 g/mol. The zero-order chi connectivity index (χ0) is 24.1. The maximum atomic E-state index is 13.1. The van der Waals surface area contributed by atoms with Crippen LogP contribution in [0.5, 0.6) is 0 Å². The molecule has 0 saturated carbocycles. The van der Waals surface area contributed by atoms with Gasteiger partial charge in [-0.1, -0.05) is 18.2 Å². The van der Waals surface area contributed by atoms with Gasteiger partial charge in [-0.2, -0.15) is 9.78 Å². The Kier molecular flexibility index (Phi) is 5.01. The molecular weight excluding hydrogens is 430 g/mol. The Morgan fingerprint density at radius 1 is 0.941 bits per heavy atom. The summed E-state index contributed by atoms with van der Waals surface area (Å²) in [4.78, 5) is 44.3. The number of hydrogen-bond donors (Lipinski definition) is 1. The van der Waals surface area contributed by atoms with E-state index in [2.05, 4.69) is 10.4 Å². The average molecular weight is 454 g/mol. The molecule has 0 saturated heterocycles. The molecule has 0 radical (unpaired) electrons. The SMILES string of the molecule is Cc1cc(NC(=O)c2ccc3c(c2)C(=O)N(C(C)C)C3=O)n(-c2cc(C)c3ccccc3n2)n1. The molecule has 4 aromatic rings. The molecule has 8 nitrogen and oxygen atoms in total. The first kappa shape index (κ1) is 21.5. The fourth-order valence-electron chi connectivity index (χ4n) is 4.26. The van der Waals surface area contributed by atoms with Crippen LogP contribution in [0, 0.1) is 13.8 Å². The number of aromatic nitrogens is 3. The van der Waals surface area contributed by atoms with Gasteiger partial charge in [0.2, 0.25) is 0 Å². The van der Waals surface area contributed by atoms with Gasteiger partial charge in [-0.3, -0.25) is 19.3 Å². The van der Waals surface area contributed by atoms with E-state index < -0.39 is 5.91 Å². The summed E-state index contributed by atoms with van der Waals surface area (Å²) < 4.78 is 1.59. The van der Waals surface area contributed by atoms with E-state index in [9.17, 15) is 14.4 Å². The van der Waals surface area contributed by atoms with E-state index in [-0.39, 0.29) is 29.0 Å². The topological polar surface area (TPSA) is 97.2 Å². The minimum Gasteiger partial charge on any atom is -0.306 e. The van der Waals surface area contributed by atoms with Crippen LogP contribution in [-0.2, 0) is 0 Å². The Labute approximate surface area is 196 Å². The lowest BCUT2D eigenvalue weighted by Crippen LogP contribution is -2.35. The van der Waals surface area contributed by atoms with Gasteiger partial charge >= 0.3 is 0 Å². The second-order valence-electron chi connectivity index (χ2n) is 8.69. The number of amides is 3. The van der Waals surface area contributed by atoms with E-state index in [4.69, 9.17) is 4.98 Å². The number of carbonyl (C=O) groups is 3. The van der Waals surface area contributed by atoms with Gasteiger partial charge in [0.05, 0.1) is 22.3 Å². The predicted molar refractivity (Wildman–Crippen MR) is 128 cm³/mol. The third-order valence-corrected chi connectivity index (χ3v) is 5.90. The van der Waals surface area contributed by atoms with Crippen molar-refractivity contribution < 1.29 is 14.4 Å². The van der Waals surface area contributed by atoms with E-state index in [0.29, 0.717) is 22.9 Å². The molecule has 5 rings (SSSR count). The van der Waals surface area contributed by atoms with Gasteiger partial charge in [0.1, 0.15) is 5.82 Å². The highest BCUT2D eigenvalue weighted by molar-refractivity contribution is 6.22. The molecule has 0 unspecified atom stereocenters. The Bertz CT molecular complexity index is 1500. The molecule has 1 aliphatic heterocycles. The van der Waals surface area contributed by atoms with Gasteiger partial charge in [-0.05, 0) is 63.6 Å². The summed E-state index contributed by atoms with van der Waals surface area (Å²) in [5.41, 5.74) is 3.42. The fourth-order valence-corrected chi connectivity index (χ4v) is 4.26. The third kappa shape index (κ3) is 3.44. The molecule has 8 heteroatoms. The molecule has 1 aliphatic rings. The second-order valence-corrected chi connectivity index (χ2v) is 8.69. The minimum absolute atomic E-state index is 0.239. The van der Waals surface area contributed by atoms with E-state index in [0.717, 1.165) is 16.5 Å². The van der Waals surface area contributed by atoms with E-state index in [1.807, 2.05) is 44.2 Å². The van der Waals surface area contributed by atoms with Crippen LogP contribution >= 0.6 is 0 Å². The van der Waals surface area contributed by atoms with Gasteiger partial charge in [-0.25, -0.2) is 4.98 Å². The number of nitrogens with one attached hydrogen (secondary N) is 1. The largest absolute Gasteiger partial charge is 0.306 e. The zero-order valence-corrected chi connectivity index (χ0v) is 19.3. The molecular formula is C26H23N5O3. The Hall–Kier alpha value is -4.33. The number of benzene rings is 2. The Morgan fingerprint density at radius 3 is 2.44 bits per heavy atom. The number of anilines is 1. The number of pyridine rings is 1. The van der Waals surface area contributed by atoms with E-state index in [1.54, 1.807) is 30.7 Å². The summed E-state index contributed by atoms with van der Waals surface area (Å²) in [5.74, 6) is -0.0993. The lowest BCUT2D eigenvalue weighted by molar-refractivity contribution is 0.0609. The Morgan fingerprint density at radius 2 is 1.68 bits per heavy atom. The van der Waals surface area contributed by atoms with Crippen molar-refractivity contribution in [3.05, 3.63) is 82.5 Å². The summed E-state index contributed by atoms with van der Waals surface area (Å²) in [6.07, 6.45) is 0. The first-order valence-electron chi connectivity index (χ1n) is 11.0. The van der Waals surface area contributed by atoms with Gasteiger partial charge in [0, 0.05) is 23.1 Å². The van der Waals surface area contributed by atoms with Crippen molar-refractivity contribution in [2.75, 3.05) is 5.32 Å². The predicted octanol–water partition coefficient (Wildman–Crippen LogP) is 4.29. The van der Waals surface area contributed by atoms with Gasteiger partial charge in [0.25, 0.3) is 17.7 Å². The van der Waals surface area contributed by atoms with Crippen molar-refractivity contribution in [2.24, 2.45) is 0 Å². The summed E-state index contributed by atoms with van der Waals surface area (Å²) >= 11 is 0. The molecule has 0 bridgehead atoms. The third-order valence-electron chi connectivity index (χ3n) is 5.90. The molecule has 170 valence electrons. The normalized spacial score (nSPS) is 13.1. The summed E-state index contributed by atoms with van der Waals surface area (Å²) in [6.45, 7) is 7.40. The average Bonchev–Trinajstić information content (AvgIpc) is 3.29. The number of nitrogens with zero attached hydrogens (tertiary/aromatic N) is 4. The van der Waals surface area contributed by atoms with Gasteiger partial charge < -0.3 is 5.32 Å². The molecule has 3 amide bonds. The second kappa shape index (κ2) is 7.91. The molecule has 34 heavy (non-hydrogen) atoms. The lowest BCUT2D eigenvalue weighted by Gasteiger charge is -2.17. The highest BCUT2D eigenvalue weighted by Gasteiger charge is 2.37. The van der Waals surface area contributed by atoms with Crippen molar-refractivity contribution in [2.45, 2.75) is 33.7 Å². The van der Waals surface area contributed by atoms with Crippen LogP contribution in [0.3, 0.4) is 0 Å². The minimum atomic E-state index is -0.412. The van der Waals surface area contributed by atoms with Crippen LogP contribution in [0.4, 0.5) is 5.82 Å². The first-order chi connectivity index (χ1) is 16.2. The standard InChI is InChI=1S/C26H23N5O3/c1-14(2)30-25(33)19-10-9-17(13-20(19)26(30)34)24(32)28-23-12-16(4)29-31(23)22-11-15(3)18-7-5-6-8-21(18)27-22/h5-14H,1-4H3,(H,28,32). The number of hydrogen-bond acceptors (Lipinski definition) is 5. The number of rotatable bonds is 4. The van der Waals surface area contributed by atoms with Gasteiger partial charge in [-0.15, -0.1) is 0 Å². The highest BCUT2D eigenvalue weighted by Crippen LogP contribution is 2.27. The maximum Gasteiger partial charge on any atom is 0.261 e. The summed E-state index contributed by atoms with van der Waals surface area (Å²) in [6, 6.07) is 15.8. The lowest BCUT2D eigenvalue weighted by atomic mass is 10.1. The number of carbonyl (C=O) groups excluding carboxylic acids is 3. The fraction of sp³-hybridized carbons (Fsp3) is 0.192. The van der Waals surface area contributed by atoms with Crippen molar-refractivity contribution in [3.63, 3.8) is 0 Å². The molecule has 0 atom stereocenters. The molecule has 0 aliphatic carbocycles.